The summed E-state index contributed by atoms with van der Waals surface area (Å²) in [5.74, 6) is -3.26. The van der Waals surface area contributed by atoms with Gasteiger partial charge in [-0.3, -0.25) is 4.79 Å². The van der Waals surface area contributed by atoms with Crippen LogP contribution in [0.4, 0.5) is 14.4 Å². The number of carboxylic acid groups (broad SMARTS) is 1. The van der Waals surface area contributed by atoms with Gasteiger partial charge in [-0.05, 0) is 41.9 Å². The average molecular weight is 612 g/mol. The van der Waals surface area contributed by atoms with Gasteiger partial charge in [-0.25, -0.2) is 14.4 Å². The Morgan fingerprint density at radius 2 is 1.35 bits per heavy atom. The minimum Gasteiger partial charge on any atom is -0.480 e. The molecule has 43 heavy (non-hydrogen) atoms. The lowest BCUT2D eigenvalue weighted by atomic mass is 9.79. The highest BCUT2D eigenvalue weighted by Gasteiger charge is 2.36. The Kier molecular flexibility index (Phi) is 14.8. The summed E-state index contributed by atoms with van der Waals surface area (Å²) in [5.41, 5.74) is 5.76. The molecule has 0 aliphatic rings. The topological polar surface area (TPSA) is 170 Å². The molecule has 1 aromatic rings. The van der Waals surface area contributed by atoms with Crippen LogP contribution in [0, 0.1) is 16.7 Å². The predicted octanol–water partition coefficient (Wildman–Crippen LogP) is 6.67. The van der Waals surface area contributed by atoms with Gasteiger partial charge in [0.15, 0.2) is 11.5 Å². The molecule has 3 N–H and O–H groups in total. The van der Waals surface area contributed by atoms with Crippen molar-refractivity contribution in [2.45, 2.75) is 99.6 Å². The molecule has 0 fully saturated rings. The number of nitrogens with two attached hydrogens (primary N) is 1. The molecular formula is C31H49NO11. The largest absolute Gasteiger partial charge is 0.513 e. The molecule has 0 saturated carbocycles. The molecule has 4 atom stereocenters. The van der Waals surface area contributed by atoms with E-state index in [0.717, 1.165) is 12.8 Å². The molecule has 0 amide bonds. The van der Waals surface area contributed by atoms with Crippen LogP contribution in [0.3, 0.4) is 0 Å². The third-order valence-corrected chi connectivity index (χ3v) is 6.21. The number of benzene rings is 1. The first-order chi connectivity index (χ1) is 19.8. The zero-order valence-electron chi connectivity index (χ0n) is 26.9. The fraction of sp³-hybridized carbons (Fsp3) is 0.677. The van der Waals surface area contributed by atoms with E-state index in [1.807, 2.05) is 48.5 Å². The van der Waals surface area contributed by atoms with Crippen molar-refractivity contribution in [1.82, 2.24) is 0 Å². The van der Waals surface area contributed by atoms with Crippen LogP contribution in [0.15, 0.2) is 18.2 Å². The molecule has 0 saturated heterocycles. The standard InChI is InChI=1S/C31H49NO11/c1-10-11-12-15-38-27(35)41-20(3)19(2)24(25(32)26(33)34)21-13-14-22(42-28(36)39-17-30(4,5)6)23(16-21)43-29(37)40-18-31(7,8)9/h13-14,16,19-20,24-25H,10-12,15,17-18,32H2,1-9H3,(H,33,34)/t19?,20?,24?,25-/m0/s1. The van der Waals surface area contributed by atoms with E-state index in [4.69, 9.17) is 34.2 Å². The molecule has 1 rings (SSSR count). The van der Waals surface area contributed by atoms with Crippen molar-refractivity contribution in [3.8, 4) is 11.5 Å². The van der Waals surface area contributed by atoms with Crippen LogP contribution in [0.5, 0.6) is 11.5 Å². The monoisotopic (exact) mass is 611 g/mol. The molecule has 0 bridgehead atoms. The maximum Gasteiger partial charge on any atom is 0.513 e. The first kappa shape index (κ1) is 37.5. The van der Waals surface area contributed by atoms with Gasteiger partial charge in [-0.15, -0.1) is 0 Å². The van der Waals surface area contributed by atoms with Crippen LogP contribution in [0.2, 0.25) is 0 Å². The molecule has 3 unspecified atom stereocenters. The van der Waals surface area contributed by atoms with Crippen LogP contribution < -0.4 is 15.2 Å². The zero-order chi connectivity index (χ0) is 33.0. The van der Waals surface area contributed by atoms with Gasteiger partial charge in [-0.2, -0.15) is 0 Å². The lowest BCUT2D eigenvalue weighted by molar-refractivity contribution is -0.139. The molecule has 12 nitrogen and oxygen atoms in total. The molecule has 12 heteroatoms. The molecule has 244 valence electrons. The Morgan fingerprint density at radius 3 is 1.84 bits per heavy atom. The number of hydrogen-bond donors (Lipinski definition) is 2. The first-order valence-corrected chi connectivity index (χ1v) is 14.5. The third-order valence-electron chi connectivity index (χ3n) is 6.21. The number of ether oxygens (including phenoxy) is 6. The molecule has 0 radical (unpaired) electrons. The second-order valence-corrected chi connectivity index (χ2v) is 13.0. The van der Waals surface area contributed by atoms with Crippen LogP contribution in [-0.4, -0.2) is 61.5 Å². The summed E-state index contributed by atoms with van der Waals surface area (Å²) in [5, 5.41) is 9.80. The lowest BCUT2D eigenvalue weighted by Gasteiger charge is -2.31. The van der Waals surface area contributed by atoms with Crippen molar-refractivity contribution in [3.05, 3.63) is 23.8 Å². The van der Waals surface area contributed by atoms with Gasteiger partial charge in [0.25, 0.3) is 0 Å². The Morgan fingerprint density at radius 1 is 0.814 bits per heavy atom. The summed E-state index contributed by atoms with van der Waals surface area (Å²) < 4.78 is 31.6. The number of carbonyl (C=O) groups is 4. The number of aliphatic carboxylic acids is 1. The van der Waals surface area contributed by atoms with Crippen molar-refractivity contribution in [2.75, 3.05) is 19.8 Å². The van der Waals surface area contributed by atoms with Crippen LogP contribution in [-0.2, 0) is 23.7 Å². The highest BCUT2D eigenvalue weighted by atomic mass is 16.7. The second kappa shape index (κ2) is 16.9. The number of rotatable bonds is 14. The van der Waals surface area contributed by atoms with Crippen molar-refractivity contribution < 1.29 is 52.7 Å². The van der Waals surface area contributed by atoms with Crippen molar-refractivity contribution in [2.24, 2.45) is 22.5 Å². The van der Waals surface area contributed by atoms with Gasteiger partial charge < -0.3 is 39.3 Å². The summed E-state index contributed by atoms with van der Waals surface area (Å²) in [7, 11) is 0. The van der Waals surface area contributed by atoms with Crippen molar-refractivity contribution in [1.29, 1.82) is 0 Å². The van der Waals surface area contributed by atoms with E-state index in [0.29, 0.717) is 12.0 Å². The lowest BCUT2D eigenvalue weighted by Crippen LogP contribution is -2.42. The maximum atomic E-state index is 12.6. The van der Waals surface area contributed by atoms with Gasteiger partial charge in [0.1, 0.15) is 12.1 Å². The smallest absolute Gasteiger partial charge is 0.480 e. The van der Waals surface area contributed by atoms with E-state index in [2.05, 4.69) is 0 Å². The molecule has 0 spiro atoms. The van der Waals surface area contributed by atoms with Gasteiger partial charge in [0.2, 0.25) is 0 Å². The van der Waals surface area contributed by atoms with Crippen LogP contribution in [0.1, 0.15) is 93.1 Å². The summed E-state index contributed by atoms with van der Waals surface area (Å²) in [4.78, 5) is 49.2. The van der Waals surface area contributed by atoms with E-state index >= 15 is 0 Å². The minimum absolute atomic E-state index is 0.0439. The summed E-state index contributed by atoms with van der Waals surface area (Å²) in [6.07, 6.45) is -1.21. The number of unbranched alkanes of at least 4 members (excludes halogenated alkanes) is 2. The fourth-order valence-electron chi connectivity index (χ4n) is 3.77. The number of hydrogen-bond acceptors (Lipinski definition) is 11. The van der Waals surface area contributed by atoms with E-state index in [9.17, 15) is 24.3 Å². The van der Waals surface area contributed by atoms with Crippen molar-refractivity contribution in [3.63, 3.8) is 0 Å². The van der Waals surface area contributed by atoms with Crippen molar-refractivity contribution >= 4 is 24.4 Å². The molecular weight excluding hydrogens is 562 g/mol. The van der Waals surface area contributed by atoms with Gasteiger partial charge in [0.05, 0.1) is 19.8 Å². The molecule has 0 aromatic heterocycles. The highest BCUT2D eigenvalue weighted by molar-refractivity contribution is 5.75. The van der Waals surface area contributed by atoms with Gasteiger partial charge in [-0.1, -0.05) is 74.3 Å². The minimum atomic E-state index is -1.44. The SMILES string of the molecule is CCCCCOC(=O)OC(C)C(C)C(c1ccc(OC(=O)OCC(C)(C)C)c(OC(=O)OCC(C)(C)C)c1)[C@H](N)C(=O)O. The molecule has 0 heterocycles. The zero-order valence-corrected chi connectivity index (χ0v) is 26.9. The Bertz CT molecular complexity index is 1070. The summed E-state index contributed by atoms with van der Waals surface area (Å²) in [6.45, 7) is 16.8. The molecule has 0 aliphatic heterocycles. The summed E-state index contributed by atoms with van der Waals surface area (Å²) in [6, 6.07) is 2.72. The van der Waals surface area contributed by atoms with E-state index < -0.39 is 48.4 Å². The van der Waals surface area contributed by atoms with Crippen LogP contribution >= 0.6 is 0 Å². The number of carboxylic acids is 1. The highest BCUT2D eigenvalue weighted by Crippen LogP contribution is 2.37. The molecule has 0 aliphatic carbocycles. The normalized spacial score (nSPS) is 14.5. The summed E-state index contributed by atoms with van der Waals surface area (Å²) >= 11 is 0. The quantitative estimate of drug-likeness (QED) is 0.0992. The Balaban J connectivity index is 3.35. The van der Waals surface area contributed by atoms with E-state index in [1.165, 1.54) is 18.2 Å². The van der Waals surface area contributed by atoms with Gasteiger partial charge in [0, 0.05) is 11.8 Å². The van der Waals surface area contributed by atoms with E-state index in [-0.39, 0.29) is 42.1 Å². The average Bonchev–Trinajstić information content (AvgIpc) is 2.89. The fourth-order valence-corrected chi connectivity index (χ4v) is 3.77. The Labute approximate surface area is 254 Å². The number of carbonyl (C=O) groups excluding carboxylic acids is 3. The second-order valence-electron chi connectivity index (χ2n) is 13.0. The van der Waals surface area contributed by atoms with Gasteiger partial charge >= 0.3 is 24.4 Å². The van der Waals surface area contributed by atoms with E-state index in [1.54, 1.807) is 13.8 Å². The van der Waals surface area contributed by atoms with Crippen LogP contribution in [0.25, 0.3) is 0 Å². The molecule has 1 aromatic carbocycles. The first-order valence-electron chi connectivity index (χ1n) is 14.5. The predicted molar refractivity (Wildman–Crippen MR) is 158 cm³/mol. The third kappa shape index (κ3) is 14.5. The Hall–Kier alpha value is -3.54. The maximum absolute atomic E-state index is 12.6.